The molecule has 3 aromatic rings. The molecule has 1 spiro atoms. The van der Waals surface area contributed by atoms with E-state index in [1.807, 2.05) is 0 Å². The molecule has 33 heavy (non-hydrogen) atoms. The molecule has 170 valence electrons. The van der Waals surface area contributed by atoms with Gasteiger partial charge in [0, 0.05) is 6.54 Å². The van der Waals surface area contributed by atoms with E-state index < -0.39 is 23.3 Å². The van der Waals surface area contributed by atoms with E-state index in [4.69, 9.17) is 16.3 Å². The van der Waals surface area contributed by atoms with Crippen LogP contribution in [0.2, 0.25) is 5.02 Å². The highest BCUT2D eigenvalue weighted by Crippen LogP contribution is 2.45. The Morgan fingerprint density at radius 3 is 2.82 bits per heavy atom. The van der Waals surface area contributed by atoms with Crippen molar-refractivity contribution in [3.63, 3.8) is 0 Å². The van der Waals surface area contributed by atoms with Gasteiger partial charge < -0.3 is 19.7 Å². The van der Waals surface area contributed by atoms with Crippen LogP contribution in [-0.2, 0) is 10.3 Å². The maximum absolute atomic E-state index is 15.0. The predicted molar refractivity (Wildman–Crippen MR) is 117 cm³/mol. The highest BCUT2D eigenvalue weighted by atomic mass is 35.5. The fourth-order valence-electron chi connectivity index (χ4n) is 4.38. The summed E-state index contributed by atoms with van der Waals surface area (Å²) in [4.78, 5) is 25.8. The Labute approximate surface area is 192 Å². The van der Waals surface area contributed by atoms with Gasteiger partial charge >= 0.3 is 0 Å². The third-order valence-electron chi connectivity index (χ3n) is 6.01. The lowest BCUT2D eigenvalue weighted by Crippen LogP contribution is -2.51. The molecule has 0 radical (unpaired) electrons. The van der Waals surface area contributed by atoms with Crippen molar-refractivity contribution in [3.8, 4) is 0 Å². The van der Waals surface area contributed by atoms with Crippen molar-refractivity contribution in [2.24, 2.45) is 4.99 Å². The number of amides is 1. The Balaban J connectivity index is 1.40. The van der Waals surface area contributed by atoms with Gasteiger partial charge in [0.15, 0.2) is 17.8 Å². The van der Waals surface area contributed by atoms with Crippen LogP contribution in [0.3, 0.4) is 0 Å². The summed E-state index contributed by atoms with van der Waals surface area (Å²) < 4.78 is 34.0. The van der Waals surface area contributed by atoms with Gasteiger partial charge in [-0.2, -0.15) is 0 Å². The second-order valence-electron chi connectivity index (χ2n) is 8.07. The first-order valence-electron chi connectivity index (χ1n) is 10.3. The molecule has 1 saturated heterocycles. The van der Waals surface area contributed by atoms with E-state index in [1.165, 1.54) is 42.9 Å². The molecule has 7 nitrogen and oxygen atoms in total. The van der Waals surface area contributed by atoms with Crippen molar-refractivity contribution in [2.45, 2.75) is 24.5 Å². The zero-order valence-corrected chi connectivity index (χ0v) is 18.0. The molecule has 1 aromatic heterocycles. The number of benzene rings is 2. The maximum Gasteiger partial charge on any atom is 0.272 e. The number of hydrogen-bond donors (Lipinski definition) is 2. The third-order valence-corrected chi connectivity index (χ3v) is 6.30. The number of rotatable bonds is 3. The fraction of sp³-hybridized carbons (Fsp3) is 0.261. The van der Waals surface area contributed by atoms with Crippen LogP contribution >= 0.6 is 11.6 Å². The quantitative estimate of drug-likeness (QED) is 0.596. The first kappa shape index (κ1) is 21.5. The Hall–Kier alpha value is -3.30. The van der Waals surface area contributed by atoms with Gasteiger partial charge in [0.1, 0.15) is 23.4 Å². The van der Waals surface area contributed by atoms with Crippen LogP contribution in [0.1, 0.15) is 46.4 Å². The molecule has 2 aromatic carbocycles. The summed E-state index contributed by atoms with van der Waals surface area (Å²) >= 11 is 6.01. The molecule has 2 atom stereocenters. The SMILES string of the molecule is O=C(c1cnc([C@@H](O)c2ccc(F)cc2)[nH]1)N1CCC[C@@]2(C1)OC=Nc1ccc(Cl)c(F)c12. The monoisotopic (exact) mass is 472 g/mol. The van der Waals surface area contributed by atoms with Gasteiger partial charge in [0.05, 0.1) is 29.0 Å². The number of aromatic nitrogens is 2. The number of imidazole rings is 1. The van der Waals surface area contributed by atoms with E-state index in [2.05, 4.69) is 15.0 Å². The summed E-state index contributed by atoms with van der Waals surface area (Å²) in [7, 11) is 0. The van der Waals surface area contributed by atoms with Gasteiger partial charge in [0.25, 0.3) is 5.91 Å². The van der Waals surface area contributed by atoms with Gasteiger partial charge in [-0.05, 0) is 42.7 Å². The van der Waals surface area contributed by atoms with Gasteiger partial charge in [-0.25, -0.2) is 18.8 Å². The molecule has 0 aliphatic carbocycles. The summed E-state index contributed by atoms with van der Waals surface area (Å²) in [5, 5.41) is 10.5. The Morgan fingerprint density at radius 2 is 2.03 bits per heavy atom. The number of nitrogens with zero attached hydrogens (tertiary/aromatic N) is 3. The predicted octanol–water partition coefficient (Wildman–Crippen LogP) is 4.24. The van der Waals surface area contributed by atoms with Gasteiger partial charge in [-0.3, -0.25) is 4.79 Å². The van der Waals surface area contributed by atoms with E-state index >= 15 is 0 Å². The number of aliphatic hydroxyl groups excluding tert-OH is 1. The first-order chi connectivity index (χ1) is 15.9. The van der Waals surface area contributed by atoms with Crippen LogP contribution in [0.25, 0.3) is 0 Å². The van der Waals surface area contributed by atoms with Crippen LogP contribution in [0.15, 0.2) is 47.6 Å². The van der Waals surface area contributed by atoms with Crippen molar-refractivity contribution >= 4 is 29.6 Å². The van der Waals surface area contributed by atoms with Crippen LogP contribution < -0.4 is 0 Å². The van der Waals surface area contributed by atoms with E-state index in [1.54, 1.807) is 11.0 Å². The number of aliphatic hydroxyl groups is 1. The topological polar surface area (TPSA) is 90.8 Å². The van der Waals surface area contributed by atoms with Crippen LogP contribution in [0, 0.1) is 11.6 Å². The van der Waals surface area contributed by atoms with Crippen molar-refractivity contribution in [1.82, 2.24) is 14.9 Å². The normalized spacial score (nSPS) is 20.4. The van der Waals surface area contributed by atoms with E-state index in [0.717, 1.165) is 0 Å². The molecule has 2 aliphatic heterocycles. The number of piperidine rings is 1. The second kappa shape index (κ2) is 8.24. The summed E-state index contributed by atoms with van der Waals surface area (Å²) in [6.07, 6.45) is 2.52. The number of likely N-dealkylation sites (tertiary alicyclic amines) is 1. The van der Waals surface area contributed by atoms with Crippen molar-refractivity contribution in [2.75, 3.05) is 13.1 Å². The smallest absolute Gasteiger partial charge is 0.272 e. The molecule has 0 unspecified atom stereocenters. The minimum atomic E-state index is -1.15. The minimum absolute atomic E-state index is 0.0368. The van der Waals surface area contributed by atoms with Crippen LogP contribution in [0.5, 0.6) is 0 Å². The lowest BCUT2D eigenvalue weighted by atomic mass is 9.83. The number of carbonyl (C=O) groups excluding carboxylic acids is 1. The number of fused-ring (bicyclic) bond motifs is 2. The Kier molecular flexibility index (Phi) is 5.38. The molecular formula is C23H19ClF2N4O3. The summed E-state index contributed by atoms with van der Waals surface area (Å²) in [6, 6.07) is 8.42. The summed E-state index contributed by atoms with van der Waals surface area (Å²) in [6.45, 7) is 0.532. The van der Waals surface area contributed by atoms with Crippen LogP contribution in [-0.4, -0.2) is 45.4 Å². The number of halogens is 3. The lowest BCUT2D eigenvalue weighted by Gasteiger charge is -2.43. The number of carbonyl (C=O) groups is 1. The molecule has 5 rings (SSSR count). The summed E-state index contributed by atoms with van der Waals surface area (Å²) in [5.41, 5.74) is 0.159. The standard InChI is InChI=1S/C23H19ClF2N4O3/c24-15-6-7-16-18(19(15)26)23(33-12-28-16)8-1-9-30(11-23)22(32)17-10-27-21(29-17)20(31)13-2-4-14(25)5-3-13/h2-7,10,12,20,31H,1,8-9,11H2,(H,27,29)/t20-,23-/m0/s1. The number of ether oxygens (including phenoxy) is 1. The minimum Gasteiger partial charge on any atom is -0.470 e. The molecule has 1 amide bonds. The first-order valence-corrected chi connectivity index (χ1v) is 10.7. The third kappa shape index (κ3) is 3.77. The number of aromatic amines is 1. The molecule has 2 N–H and O–H groups in total. The van der Waals surface area contributed by atoms with E-state index in [0.29, 0.717) is 30.6 Å². The number of nitrogens with one attached hydrogen (secondary N) is 1. The zero-order chi connectivity index (χ0) is 23.2. The molecule has 2 aliphatic rings. The highest BCUT2D eigenvalue weighted by Gasteiger charge is 2.46. The van der Waals surface area contributed by atoms with Gasteiger partial charge in [0.2, 0.25) is 0 Å². The molecule has 1 fully saturated rings. The zero-order valence-electron chi connectivity index (χ0n) is 17.3. The number of hydrogen-bond acceptors (Lipinski definition) is 5. The maximum atomic E-state index is 15.0. The molecule has 0 bridgehead atoms. The molecule has 10 heteroatoms. The summed E-state index contributed by atoms with van der Waals surface area (Å²) in [5.74, 6) is -1.24. The second-order valence-corrected chi connectivity index (χ2v) is 8.48. The van der Waals surface area contributed by atoms with Crippen molar-refractivity contribution in [3.05, 3.63) is 81.9 Å². The average molecular weight is 473 g/mol. The Morgan fingerprint density at radius 1 is 1.24 bits per heavy atom. The fourth-order valence-corrected chi connectivity index (χ4v) is 4.53. The number of H-pyrrole nitrogens is 1. The molecular weight excluding hydrogens is 454 g/mol. The van der Waals surface area contributed by atoms with Gasteiger partial charge in [-0.1, -0.05) is 23.7 Å². The van der Waals surface area contributed by atoms with E-state index in [9.17, 15) is 18.7 Å². The lowest BCUT2D eigenvalue weighted by molar-refractivity contribution is -0.0172. The largest absolute Gasteiger partial charge is 0.470 e. The average Bonchev–Trinajstić information content (AvgIpc) is 3.31. The van der Waals surface area contributed by atoms with Crippen LogP contribution in [0.4, 0.5) is 14.5 Å². The van der Waals surface area contributed by atoms with Crippen molar-refractivity contribution in [1.29, 1.82) is 0 Å². The number of aliphatic imine (C=N–C) groups is 1. The van der Waals surface area contributed by atoms with Gasteiger partial charge in [-0.15, -0.1) is 0 Å². The van der Waals surface area contributed by atoms with Crippen molar-refractivity contribution < 1.29 is 23.4 Å². The Bertz CT molecular complexity index is 1250. The molecule has 0 saturated carbocycles. The van der Waals surface area contributed by atoms with E-state index in [-0.39, 0.29) is 34.6 Å². The molecule has 3 heterocycles. The highest BCUT2D eigenvalue weighted by molar-refractivity contribution is 6.30.